The number of amides is 3. The summed E-state index contributed by atoms with van der Waals surface area (Å²) < 4.78 is 5.74. The van der Waals surface area contributed by atoms with Gasteiger partial charge in [-0.25, -0.2) is 10.3 Å². The van der Waals surface area contributed by atoms with E-state index in [0.717, 1.165) is 22.3 Å². The van der Waals surface area contributed by atoms with Crippen molar-refractivity contribution in [3.8, 4) is 11.1 Å². The highest BCUT2D eigenvalue weighted by Crippen LogP contribution is 2.21. The topological polar surface area (TPSA) is 108 Å². The summed E-state index contributed by atoms with van der Waals surface area (Å²) in [5.74, 6) is -1.56. The zero-order valence-corrected chi connectivity index (χ0v) is 25.9. The molecule has 0 spiro atoms. The molecular formula is C35H45N3O5. The third kappa shape index (κ3) is 11.2. The second kappa shape index (κ2) is 15.9. The van der Waals surface area contributed by atoms with E-state index in [4.69, 9.17) is 4.74 Å². The van der Waals surface area contributed by atoms with Crippen LogP contribution in [0.2, 0.25) is 0 Å². The molecule has 3 aromatic carbocycles. The quantitative estimate of drug-likeness (QED) is 0.129. The predicted octanol–water partition coefficient (Wildman–Crippen LogP) is 6.03. The summed E-state index contributed by atoms with van der Waals surface area (Å²) in [4.78, 5) is 41.2. The van der Waals surface area contributed by atoms with E-state index in [9.17, 15) is 19.6 Å². The maximum absolute atomic E-state index is 13.7. The fraction of sp³-hybridized carbons (Fsp3) is 0.400. The number of carbonyl (C=O) groups excluding carboxylic acids is 3. The van der Waals surface area contributed by atoms with E-state index in [1.54, 1.807) is 10.4 Å². The molecule has 2 atom stereocenters. The average Bonchev–Trinajstić information content (AvgIpc) is 2.98. The average molecular weight is 588 g/mol. The van der Waals surface area contributed by atoms with Gasteiger partial charge in [0, 0.05) is 19.5 Å². The minimum Gasteiger partial charge on any atom is -0.460 e. The van der Waals surface area contributed by atoms with Crippen molar-refractivity contribution in [3.05, 3.63) is 96.1 Å². The van der Waals surface area contributed by atoms with E-state index >= 15 is 0 Å². The van der Waals surface area contributed by atoms with Crippen molar-refractivity contribution in [1.29, 1.82) is 0 Å². The van der Waals surface area contributed by atoms with E-state index in [2.05, 4.69) is 5.32 Å². The Morgan fingerprint density at radius 3 is 1.95 bits per heavy atom. The molecule has 0 aliphatic rings. The number of carbonyl (C=O) groups is 3. The molecule has 0 aromatic heterocycles. The summed E-state index contributed by atoms with van der Waals surface area (Å²) >= 11 is 0. The lowest BCUT2D eigenvalue weighted by molar-refractivity contribution is -0.160. The summed E-state index contributed by atoms with van der Waals surface area (Å²) in [6.45, 7) is 9.94. The molecule has 3 amide bonds. The highest BCUT2D eigenvalue weighted by atomic mass is 16.6. The minimum atomic E-state index is -1.03. The fourth-order valence-electron chi connectivity index (χ4n) is 4.83. The van der Waals surface area contributed by atoms with E-state index in [-0.39, 0.29) is 24.9 Å². The summed E-state index contributed by atoms with van der Waals surface area (Å²) in [6.07, 6.45) is 1.32. The van der Waals surface area contributed by atoms with Gasteiger partial charge < -0.3 is 15.0 Å². The Bertz CT molecular complexity index is 1300. The number of hydrogen-bond acceptors (Lipinski definition) is 5. The number of benzene rings is 3. The van der Waals surface area contributed by atoms with Gasteiger partial charge in [-0.1, -0.05) is 98.8 Å². The van der Waals surface area contributed by atoms with Crippen molar-refractivity contribution in [2.45, 2.75) is 65.5 Å². The van der Waals surface area contributed by atoms with Crippen molar-refractivity contribution in [2.24, 2.45) is 11.8 Å². The Kier molecular flexibility index (Phi) is 12.3. The molecule has 230 valence electrons. The van der Waals surface area contributed by atoms with Crippen LogP contribution in [0.25, 0.3) is 11.1 Å². The molecule has 1 unspecified atom stereocenters. The number of aryl methyl sites for hydroxylation is 1. The third-order valence-corrected chi connectivity index (χ3v) is 6.90. The van der Waals surface area contributed by atoms with Gasteiger partial charge in [-0.05, 0) is 61.8 Å². The zero-order chi connectivity index (χ0) is 31.4. The number of urea groups is 1. The number of hydroxylamine groups is 1. The van der Waals surface area contributed by atoms with Crippen LogP contribution in [0.15, 0.2) is 84.9 Å². The Hall–Kier alpha value is -4.17. The van der Waals surface area contributed by atoms with Crippen molar-refractivity contribution in [3.63, 3.8) is 0 Å². The highest BCUT2D eigenvalue weighted by Gasteiger charge is 2.31. The van der Waals surface area contributed by atoms with Gasteiger partial charge in [-0.3, -0.25) is 14.8 Å². The molecule has 8 nitrogen and oxygen atoms in total. The van der Waals surface area contributed by atoms with Gasteiger partial charge in [-0.15, -0.1) is 0 Å². The molecule has 3 N–H and O–H groups in total. The van der Waals surface area contributed by atoms with Crippen LogP contribution in [0.5, 0.6) is 0 Å². The van der Waals surface area contributed by atoms with Crippen LogP contribution in [-0.4, -0.2) is 52.7 Å². The molecule has 0 bridgehead atoms. The van der Waals surface area contributed by atoms with Gasteiger partial charge in [0.05, 0.1) is 5.92 Å². The summed E-state index contributed by atoms with van der Waals surface area (Å²) in [7, 11) is 0. The molecule has 0 aliphatic carbocycles. The first-order chi connectivity index (χ1) is 20.4. The van der Waals surface area contributed by atoms with Gasteiger partial charge >= 0.3 is 12.0 Å². The number of nitrogens with zero attached hydrogens (tertiary/aromatic N) is 1. The van der Waals surface area contributed by atoms with E-state index in [1.807, 2.05) is 120 Å². The first kappa shape index (κ1) is 33.3. The lowest BCUT2D eigenvalue weighted by Gasteiger charge is -2.31. The first-order valence-electron chi connectivity index (χ1n) is 14.9. The molecule has 0 fully saturated rings. The van der Waals surface area contributed by atoms with Gasteiger partial charge in [0.15, 0.2) is 0 Å². The van der Waals surface area contributed by atoms with Crippen LogP contribution in [0.4, 0.5) is 4.79 Å². The number of hydrogen-bond donors (Lipinski definition) is 3. The van der Waals surface area contributed by atoms with Crippen molar-refractivity contribution < 1.29 is 24.3 Å². The lowest BCUT2D eigenvalue weighted by Crippen LogP contribution is -2.53. The first-order valence-corrected chi connectivity index (χ1v) is 14.9. The largest absolute Gasteiger partial charge is 0.460 e. The molecule has 3 aromatic rings. The van der Waals surface area contributed by atoms with Gasteiger partial charge in [0.2, 0.25) is 0 Å². The molecule has 0 saturated heterocycles. The van der Waals surface area contributed by atoms with E-state index < -0.39 is 29.5 Å². The summed E-state index contributed by atoms with van der Waals surface area (Å²) in [5, 5.41) is 12.2. The number of esters is 1. The molecule has 8 heteroatoms. The zero-order valence-electron chi connectivity index (χ0n) is 25.9. The lowest BCUT2D eigenvalue weighted by atomic mass is 9.98. The normalized spacial score (nSPS) is 12.7. The van der Waals surface area contributed by atoms with Crippen LogP contribution in [-0.2, 0) is 27.2 Å². The summed E-state index contributed by atoms with van der Waals surface area (Å²) in [6, 6.07) is 26.0. The molecular weight excluding hydrogens is 542 g/mol. The van der Waals surface area contributed by atoms with Gasteiger partial charge in [0.1, 0.15) is 11.6 Å². The molecule has 43 heavy (non-hydrogen) atoms. The molecule has 0 saturated carbocycles. The van der Waals surface area contributed by atoms with Crippen molar-refractivity contribution in [2.75, 3.05) is 13.1 Å². The van der Waals surface area contributed by atoms with Crippen LogP contribution >= 0.6 is 0 Å². The van der Waals surface area contributed by atoms with E-state index in [0.29, 0.717) is 19.4 Å². The van der Waals surface area contributed by atoms with Crippen LogP contribution in [0, 0.1) is 11.8 Å². The predicted molar refractivity (Wildman–Crippen MR) is 168 cm³/mol. The van der Waals surface area contributed by atoms with Crippen molar-refractivity contribution in [1.82, 2.24) is 15.7 Å². The van der Waals surface area contributed by atoms with Gasteiger partial charge in [-0.2, -0.15) is 0 Å². The van der Waals surface area contributed by atoms with Crippen LogP contribution in [0.3, 0.4) is 0 Å². The Morgan fingerprint density at radius 2 is 1.40 bits per heavy atom. The fourth-order valence-corrected chi connectivity index (χ4v) is 4.83. The highest BCUT2D eigenvalue weighted by molar-refractivity contribution is 5.87. The SMILES string of the molecule is CC(C)CN(CC(CCc1ccccc1)C(=O)OC(C)(C)C)C(=O)N[C@@H](Cc1ccc(-c2ccccc2)cc1)C(=O)NO. The number of nitrogens with one attached hydrogen (secondary N) is 2. The smallest absolute Gasteiger partial charge is 0.318 e. The van der Waals surface area contributed by atoms with Crippen LogP contribution < -0.4 is 10.8 Å². The summed E-state index contributed by atoms with van der Waals surface area (Å²) in [5.41, 5.74) is 5.02. The molecule has 0 heterocycles. The van der Waals surface area contributed by atoms with Crippen LogP contribution in [0.1, 0.15) is 52.2 Å². The number of ether oxygens (including phenoxy) is 1. The second-order valence-electron chi connectivity index (χ2n) is 12.3. The van der Waals surface area contributed by atoms with Gasteiger partial charge in [0.25, 0.3) is 5.91 Å². The monoisotopic (exact) mass is 587 g/mol. The second-order valence-corrected chi connectivity index (χ2v) is 12.3. The Balaban J connectivity index is 1.77. The standard InChI is InChI=1S/C35H45N3O5/c1-25(2)23-38(24-30(33(40)43-35(3,4)5)21-16-26-12-8-6-9-13-26)34(41)36-31(32(39)37-42)22-27-17-19-29(20-18-27)28-14-10-7-11-15-28/h6-15,17-20,25,30-31,42H,16,21-24H2,1-5H3,(H,36,41)(H,37,39)/t30?,31-/m0/s1. The van der Waals surface area contributed by atoms with E-state index in [1.165, 1.54) is 0 Å². The number of rotatable bonds is 13. The molecule has 0 radical (unpaired) electrons. The Morgan fingerprint density at radius 1 is 0.814 bits per heavy atom. The Labute approximate surface area is 255 Å². The maximum atomic E-state index is 13.7. The minimum absolute atomic E-state index is 0.106. The molecule has 3 rings (SSSR count). The third-order valence-electron chi connectivity index (χ3n) is 6.90. The van der Waals surface area contributed by atoms with Crippen molar-refractivity contribution >= 4 is 17.9 Å². The molecule has 0 aliphatic heterocycles. The maximum Gasteiger partial charge on any atom is 0.318 e.